The number of methoxy groups -OCH3 is 1. The molecule has 0 aliphatic rings. The molecule has 0 bridgehead atoms. The van der Waals surface area contributed by atoms with Gasteiger partial charge in [0.15, 0.2) is 5.96 Å². The van der Waals surface area contributed by atoms with E-state index in [0.717, 1.165) is 18.0 Å². The van der Waals surface area contributed by atoms with Crippen LogP contribution in [0.5, 0.6) is 5.75 Å². The van der Waals surface area contributed by atoms with Crippen LogP contribution in [0, 0.1) is 5.92 Å². The highest BCUT2D eigenvalue weighted by Gasteiger charge is 2.03. The summed E-state index contributed by atoms with van der Waals surface area (Å²) in [7, 11) is 1.63. The Balaban J connectivity index is 0.00000242. The van der Waals surface area contributed by atoms with Crippen LogP contribution in [0.25, 0.3) is 0 Å². The predicted octanol–water partition coefficient (Wildman–Crippen LogP) is 2.57. The van der Waals surface area contributed by atoms with E-state index in [0.29, 0.717) is 18.4 Å². The maximum Gasteiger partial charge on any atom is 0.193 e. The number of ether oxygens (including phenoxy) is 1. The fourth-order valence-corrected chi connectivity index (χ4v) is 1.93. The van der Waals surface area contributed by atoms with Gasteiger partial charge in [-0.2, -0.15) is 5.10 Å². The molecule has 2 rings (SSSR count). The van der Waals surface area contributed by atoms with E-state index in [-0.39, 0.29) is 24.0 Å². The van der Waals surface area contributed by atoms with E-state index in [1.54, 1.807) is 13.3 Å². The number of guanidine groups is 1. The number of hydrogen-bond donors (Lipinski definition) is 2. The third-order valence-corrected chi connectivity index (χ3v) is 2.97. The lowest BCUT2D eigenvalue weighted by Crippen LogP contribution is -2.24. The Morgan fingerprint density at radius 2 is 2.27 bits per heavy atom. The minimum Gasteiger partial charge on any atom is -0.497 e. The van der Waals surface area contributed by atoms with Crippen LogP contribution in [-0.4, -0.2) is 29.4 Å². The summed E-state index contributed by atoms with van der Waals surface area (Å²) < 4.78 is 7.06. The maximum atomic E-state index is 5.89. The van der Waals surface area contributed by atoms with Crippen molar-refractivity contribution in [3.63, 3.8) is 0 Å². The molecule has 1 aromatic carbocycles. The quantitative estimate of drug-likeness (QED) is 0.432. The summed E-state index contributed by atoms with van der Waals surface area (Å²) in [5.41, 5.74) is 6.75. The van der Waals surface area contributed by atoms with Gasteiger partial charge in [0.2, 0.25) is 0 Å². The normalized spacial score (nSPS) is 12.4. The number of anilines is 1. The van der Waals surface area contributed by atoms with Crippen LogP contribution < -0.4 is 15.8 Å². The Labute approximate surface area is 147 Å². The fraction of sp³-hybridized carbons (Fsp3) is 0.333. The molecule has 7 heteroatoms. The molecule has 0 fully saturated rings. The van der Waals surface area contributed by atoms with Gasteiger partial charge < -0.3 is 15.8 Å². The van der Waals surface area contributed by atoms with Crippen LogP contribution in [0.3, 0.4) is 0 Å². The van der Waals surface area contributed by atoms with E-state index >= 15 is 0 Å². The van der Waals surface area contributed by atoms with Gasteiger partial charge >= 0.3 is 0 Å². The van der Waals surface area contributed by atoms with Crippen molar-refractivity contribution < 1.29 is 4.74 Å². The fourth-order valence-electron chi connectivity index (χ4n) is 1.93. The Hall–Kier alpha value is -1.77. The lowest BCUT2D eigenvalue weighted by atomic mass is 10.2. The third kappa shape index (κ3) is 5.92. The summed E-state index contributed by atoms with van der Waals surface area (Å²) in [6.45, 7) is 3.58. The zero-order chi connectivity index (χ0) is 15.1. The molecule has 0 amide bonds. The van der Waals surface area contributed by atoms with Crippen LogP contribution in [0.15, 0.2) is 47.7 Å². The summed E-state index contributed by atoms with van der Waals surface area (Å²) in [6, 6.07) is 9.47. The van der Waals surface area contributed by atoms with E-state index < -0.39 is 0 Å². The van der Waals surface area contributed by atoms with E-state index in [2.05, 4.69) is 22.3 Å². The number of aromatic nitrogens is 2. The van der Waals surface area contributed by atoms with Crippen molar-refractivity contribution in [2.24, 2.45) is 16.6 Å². The van der Waals surface area contributed by atoms with Gasteiger partial charge in [0.25, 0.3) is 0 Å². The first kappa shape index (κ1) is 18.3. The second-order valence-corrected chi connectivity index (χ2v) is 4.92. The second kappa shape index (κ2) is 9.29. The number of hydrogen-bond acceptors (Lipinski definition) is 3. The molecule has 0 aliphatic carbocycles. The summed E-state index contributed by atoms with van der Waals surface area (Å²) >= 11 is 0. The maximum absolute atomic E-state index is 5.89. The van der Waals surface area contributed by atoms with Gasteiger partial charge in [-0.15, -0.1) is 24.0 Å². The molecular formula is C15H22IN5O. The minimum atomic E-state index is 0. The largest absolute Gasteiger partial charge is 0.497 e. The van der Waals surface area contributed by atoms with Gasteiger partial charge in [-0.3, -0.25) is 9.67 Å². The summed E-state index contributed by atoms with van der Waals surface area (Å²) in [6.07, 6.45) is 3.72. The van der Waals surface area contributed by atoms with Crippen LogP contribution in [0.2, 0.25) is 0 Å². The van der Waals surface area contributed by atoms with Gasteiger partial charge in [0, 0.05) is 37.2 Å². The summed E-state index contributed by atoms with van der Waals surface area (Å²) in [4.78, 5) is 4.36. The van der Waals surface area contributed by atoms with Crippen molar-refractivity contribution in [1.82, 2.24) is 9.78 Å². The molecule has 2 aromatic rings. The van der Waals surface area contributed by atoms with Crippen LogP contribution >= 0.6 is 24.0 Å². The first-order chi connectivity index (χ1) is 10.2. The average molecular weight is 415 g/mol. The zero-order valence-electron chi connectivity index (χ0n) is 12.8. The third-order valence-electron chi connectivity index (χ3n) is 2.97. The Morgan fingerprint density at radius 1 is 1.45 bits per heavy atom. The van der Waals surface area contributed by atoms with Gasteiger partial charge in [-0.1, -0.05) is 13.0 Å². The number of aliphatic imine (C=N–C) groups is 1. The molecule has 1 aromatic heterocycles. The average Bonchev–Trinajstić information content (AvgIpc) is 2.98. The standard InChI is InChI=1S/C15H21N5O.HI/c1-12(11-20-8-4-7-18-20)10-17-15(16)19-13-5-3-6-14(9-13)21-2;/h3-9,12H,10-11H2,1-2H3,(H3,16,17,19);1H. The highest BCUT2D eigenvalue weighted by molar-refractivity contribution is 14.0. The lowest BCUT2D eigenvalue weighted by molar-refractivity contribution is 0.415. The number of halogens is 1. The highest BCUT2D eigenvalue weighted by atomic mass is 127. The van der Waals surface area contributed by atoms with Crippen molar-refractivity contribution in [3.05, 3.63) is 42.7 Å². The molecule has 1 heterocycles. The number of nitrogens with zero attached hydrogens (tertiary/aromatic N) is 3. The molecule has 3 N–H and O–H groups in total. The van der Waals surface area contributed by atoms with Crippen molar-refractivity contribution in [3.8, 4) is 5.75 Å². The first-order valence-corrected chi connectivity index (χ1v) is 6.86. The molecule has 6 nitrogen and oxygen atoms in total. The molecule has 0 aliphatic heterocycles. The van der Waals surface area contributed by atoms with Gasteiger partial charge in [-0.05, 0) is 24.1 Å². The van der Waals surface area contributed by atoms with Crippen LogP contribution in [0.1, 0.15) is 6.92 Å². The second-order valence-electron chi connectivity index (χ2n) is 4.92. The molecular weight excluding hydrogens is 393 g/mol. The molecule has 120 valence electrons. The molecule has 0 spiro atoms. The van der Waals surface area contributed by atoms with Crippen LogP contribution in [-0.2, 0) is 6.54 Å². The first-order valence-electron chi connectivity index (χ1n) is 6.86. The van der Waals surface area contributed by atoms with Crippen molar-refractivity contribution in [2.45, 2.75) is 13.5 Å². The van der Waals surface area contributed by atoms with Crippen molar-refractivity contribution >= 4 is 35.6 Å². The Kier molecular flexibility index (Phi) is 7.72. The minimum absolute atomic E-state index is 0. The number of rotatable bonds is 6. The molecule has 22 heavy (non-hydrogen) atoms. The van der Waals surface area contributed by atoms with Gasteiger partial charge in [-0.25, -0.2) is 0 Å². The van der Waals surface area contributed by atoms with Gasteiger partial charge in [0.1, 0.15) is 5.75 Å². The zero-order valence-corrected chi connectivity index (χ0v) is 15.1. The Bertz CT molecular complexity index is 585. The van der Waals surface area contributed by atoms with Crippen molar-refractivity contribution in [2.75, 3.05) is 19.0 Å². The van der Waals surface area contributed by atoms with Crippen LogP contribution in [0.4, 0.5) is 5.69 Å². The Morgan fingerprint density at radius 3 is 2.95 bits per heavy atom. The van der Waals surface area contributed by atoms with E-state index in [4.69, 9.17) is 10.5 Å². The smallest absolute Gasteiger partial charge is 0.193 e. The molecule has 0 saturated heterocycles. The molecule has 0 saturated carbocycles. The van der Waals surface area contributed by atoms with Gasteiger partial charge in [0.05, 0.1) is 7.11 Å². The lowest BCUT2D eigenvalue weighted by Gasteiger charge is -2.10. The highest BCUT2D eigenvalue weighted by Crippen LogP contribution is 2.16. The predicted molar refractivity (Wildman–Crippen MR) is 99.9 cm³/mol. The van der Waals surface area contributed by atoms with E-state index in [1.807, 2.05) is 41.2 Å². The monoisotopic (exact) mass is 415 g/mol. The molecule has 0 radical (unpaired) electrons. The SMILES string of the molecule is COc1cccc(NC(N)=NCC(C)Cn2cccn2)c1.I. The van der Waals surface area contributed by atoms with E-state index in [1.165, 1.54) is 0 Å². The topological polar surface area (TPSA) is 77.5 Å². The number of nitrogens with one attached hydrogen (secondary N) is 1. The number of benzene rings is 1. The molecule has 1 atom stereocenters. The summed E-state index contributed by atoms with van der Waals surface area (Å²) in [5, 5.41) is 7.23. The van der Waals surface area contributed by atoms with Crippen molar-refractivity contribution in [1.29, 1.82) is 0 Å². The van der Waals surface area contributed by atoms with E-state index in [9.17, 15) is 0 Å². The summed E-state index contributed by atoms with van der Waals surface area (Å²) in [5.74, 6) is 1.53. The molecule has 1 unspecified atom stereocenters. The number of nitrogens with two attached hydrogens (primary N) is 1.